The van der Waals surface area contributed by atoms with Crippen LogP contribution in [0, 0.1) is 0 Å². The van der Waals surface area contributed by atoms with Gasteiger partial charge in [-0.05, 0) is 88.6 Å². The first-order valence-electron chi connectivity index (χ1n) is 21.3. The van der Waals surface area contributed by atoms with Gasteiger partial charge in [0.05, 0.1) is 11.0 Å². The van der Waals surface area contributed by atoms with Gasteiger partial charge in [-0.1, -0.05) is 125 Å². The minimum atomic E-state index is 0.139. The van der Waals surface area contributed by atoms with E-state index in [0.717, 1.165) is 0 Å². The van der Waals surface area contributed by atoms with Crippen LogP contribution in [0.2, 0.25) is 0 Å². The normalized spacial score (nSPS) is 14.3. The maximum absolute atomic E-state index is 2.65. The van der Waals surface area contributed by atoms with Gasteiger partial charge >= 0.3 is 0 Å². The Kier molecular flexibility index (Phi) is 5.81. The zero-order chi connectivity index (χ0) is 39.7. The van der Waals surface area contributed by atoms with Crippen molar-refractivity contribution in [2.45, 2.75) is 19.6 Å². The van der Waals surface area contributed by atoms with Crippen molar-refractivity contribution in [3.05, 3.63) is 158 Å². The standard InChI is InChI=1S/C54H26B2N2S4/c1-3-17-43-27(9-1)33-21-41-31(23-47(33)59-43)29-11-5-13-35-53(29)57(41)39-15-7-19-45-51(39)55(35)37-25-38-50(26-49(37)61-45)62-46-20-8-16-40-52(46)56(38)36-14-6-12-30-32-24-48-34(22-42(32)58(40)54(30)36)28-10-2-4-18-44(28)60-48/h1-26H. The van der Waals surface area contributed by atoms with Gasteiger partial charge in [0.1, 0.15) is 0 Å². The minimum Gasteiger partial charge on any atom is -0.310 e. The van der Waals surface area contributed by atoms with Crippen LogP contribution in [0.5, 0.6) is 0 Å². The first-order chi connectivity index (χ1) is 30.7. The van der Waals surface area contributed by atoms with Gasteiger partial charge in [-0.25, -0.2) is 0 Å². The summed E-state index contributed by atoms with van der Waals surface area (Å²) in [5.74, 6) is 0. The highest BCUT2D eigenvalue weighted by molar-refractivity contribution is 8.01. The van der Waals surface area contributed by atoms with Gasteiger partial charge in [-0.3, -0.25) is 0 Å². The molecule has 0 amide bonds. The second-order valence-electron chi connectivity index (χ2n) is 17.5. The van der Waals surface area contributed by atoms with Gasteiger partial charge in [0.2, 0.25) is 13.4 Å². The molecule has 2 nitrogen and oxygen atoms in total. The fourth-order valence-electron chi connectivity index (χ4n) is 12.2. The van der Waals surface area contributed by atoms with Crippen molar-refractivity contribution in [3.63, 3.8) is 0 Å². The van der Waals surface area contributed by atoms with Crippen molar-refractivity contribution in [2.24, 2.45) is 0 Å². The van der Waals surface area contributed by atoms with E-state index in [-0.39, 0.29) is 13.4 Å². The molecule has 0 fully saturated rings. The van der Waals surface area contributed by atoms with Gasteiger partial charge in [-0.15, -0.1) is 22.7 Å². The zero-order valence-corrected chi connectivity index (χ0v) is 36.0. The summed E-state index contributed by atoms with van der Waals surface area (Å²) in [7, 11) is 0. The van der Waals surface area contributed by atoms with Crippen molar-refractivity contribution < 1.29 is 0 Å². The quantitative estimate of drug-likeness (QED) is 0.141. The summed E-state index contributed by atoms with van der Waals surface area (Å²) in [4.78, 5) is 5.51. The van der Waals surface area contributed by atoms with Crippen molar-refractivity contribution in [1.29, 1.82) is 0 Å². The molecule has 0 saturated heterocycles. The Morgan fingerprint density at radius 2 is 0.790 bits per heavy atom. The van der Waals surface area contributed by atoms with Gasteiger partial charge in [0, 0.05) is 104 Å². The number of rotatable bonds is 0. The Bertz CT molecular complexity index is 4050. The fourth-order valence-corrected chi connectivity index (χ4v) is 16.9. The number of fused-ring (bicyclic) bond motifs is 20. The maximum atomic E-state index is 2.65. The van der Waals surface area contributed by atoms with Gasteiger partial charge < -0.3 is 9.13 Å². The number of thiophene rings is 2. The summed E-state index contributed by atoms with van der Waals surface area (Å²) in [6, 6.07) is 61.1. The Morgan fingerprint density at radius 1 is 0.323 bits per heavy atom. The molecule has 4 aliphatic rings. The lowest BCUT2D eigenvalue weighted by Crippen LogP contribution is -2.62. The molecule has 0 bridgehead atoms. The van der Waals surface area contributed by atoms with E-state index in [9.17, 15) is 0 Å². The van der Waals surface area contributed by atoms with Crippen LogP contribution in [0.25, 0.3) is 95.3 Å². The van der Waals surface area contributed by atoms with Crippen LogP contribution in [0.15, 0.2) is 177 Å². The highest BCUT2D eigenvalue weighted by atomic mass is 32.2. The molecule has 8 heterocycles. The molecule has 4 aromatic heterocycles. The molecule has 9 aromatic carbocycles. The summed E-state index contributed by atoms with van der Waals surface area (Å²) >= 11 is 7.76. The molecule has 17 rings (SSSR count). The molecule has 4 aliphatic heterocycles. The van der Waals surface area contributed by atoms with E-state index in [1.54, 1.807) is 0 Å². The molecule has 0 radical (unpaired) electrons. The van der Waals surface area contributed by atoms with Crippen LogP contribution in [0.4, 0.5) is 0 Å². The van der Waals surface area contributed by atoms with Gasteiger partial charge in [0.25, 0.3) is 0 Å². The van der Waals surface area contributed by atoms with Gasteiger partial charge in [-0.2, -0.15) is 0 Å². The van der Waals surface area contributed by atoms with Crippen molar-refractivity contribution in [3.8, 4) is 11.4 Å². The Morgan fingerprint density at radius 3 is 1.31 bits per heavy atom. The monoisotopic (exact) mass is 852 g/mol. The summed E-state index contributed by atoms with van der Waals surface area (Å²) in [6.45, 7) is 0.279. The predicted molar refractivity (Wildman–Crippen MR) is 271 cm³/mol. The molecule has 62 heavy (non-hydrogen) atoms. The summed E-state index contributed by atoms with van der Waals surface area (Å²) in [5.41, 5.74) is 16.6. The zero-order valence-electron chi connectivity index (χ0n) is 32.7. The van der Waals surface area contributed by atoms with E-state index < -0.39 is 0 Å². The van der Waals surface area contributed by atoms with Crippen molar-refractivity contribution in [2.75, 3.05) is 0 Å². The third-order valence-electron chi connectivity index (χ3n) is 14.6. The first kappa shape index (κ1) is 32.5. The van der Waals surface area contributed by atoms with Crippen LogP contribution >= 0.6 is 46.2 Å². The molecular formula is C54H26B2N2S4. The van der Waals surface area contributed by atoms with E-state index in [0.29, 0.717) is 0 Å². The highest BCUT2D eigenvalue weighted by Crippen LogP contribution is 2.46. The molecule has 0 saturated carbocycles. The summed E-state index contributed by atoms with van der Waals surface area (Å²) in [5, 5.41) is 10.8. The third kappa shape index (κ3) is 3.77. The van der Waals surface area contributed by atoms with Crippen molar-refractivity contribution in [1.82, 2.24) is 9.13 Å². The number of para-hydroxylation sites is 2. The lowest BCUT2D eigenvalue weighted by atomic mass is 9.32. The largest absolute Gasteiger partial charge is 0.310 e. The summed E-state index contributed by atoms with van der Waals surface area (Å²) < 4.78 is 10.6. The number of aromatic nitrogens is 2. The first-order valence-corrected chi connectivity index (χ1v) is 24.6. The Hall–Kier alpha value is -6.15. The summed E-state index contributed by atoms with van der Waals surface area (Å²) in [6.07, 6.45) is 0. The average Bonchev–Trinajstić information content (AvgIpc) is 4.05. The topological polar surface area (TPSA) is 9.86 Å². The Balaban J connectivity index is 0.928. The van der Waals surface area contributed by atoms with E-state index in [1.807, 2.05) is 46.2 Å². The lowest BCUT2D eigenvalue weighted by molar-refractivity contribution is 1.17. The Labute approximate surface area is 371 Å². The van der Waals surface area contributed by atoms with Crippen LogP contribution in [0.3, 0.4) is 0 Å². The molecule has 0 N–H and O–H groups in total. The predicted octanol–water partition coefficient (Wildman–Crippen LogP) is 11.2. The molecular weight excluding hydrogens is 826 g/mol. The number of nitrogens with zero attached hydrogens (tertiary/aromatic N) is 2. The molecule has 0 unspecified atom stereocenters. The molecule has 282 valence electrons. The second-order valence-corrected chi connectivity index (χ2v) is 21.8. The smallest absolute Gasteiger partial charge is 0.249 e. The van der Waals surface area contributed by atoms with Crippen molar-refractivity contribution >= 4 is 176 Å². The molecule has 0 atom stereocenters. The number of hydrogen-bond donors (Lipinski definition) is 0. The molecule has 0 aliphatic carbocycles. The van der Waals surface area contributed by atoms with Crippen LogP contribution in [0.1, 0.15) is 0 Å². The van der Waals surface area contributed by atoms with E-state index in [2.05, 4.69) is 167 Å². The second kappa shape index (κ2) is 11.1. The third-order valence-corrected chi connectivity index (χ3v) is 19.2. The van der Waals surface area contributed by atoms with Crippen LogP contribution in [-0.2, 0) is 0 Å². The van der Waals surface area contributed by atoms with Crippen LogP contribution in [-0.4, -0.2) is 22.6 Å². The van der Waals surface area contributed by atoms with Gasteiger partial charge in [0.15, 0.2) is 0 Å². The number of benzene rings is 9. The van der Waals surface area contributed by atoms with Crippen LogP contribution < -0.4 is 32.8 Å². The van der Waals surface area contributed by atoms with E-state index in [4.69, 9.17) is 0 Å². The van der Waals surface area contributed by atoms with E-state index in [1.165, 1.54) is 148 Å². The minimum absolute atomic E-state index is 0.139. The SMILES string of the molecule is c1cc2c3c(c1)-n1c4cc5c(cc4c4cccc(c41)B3c1cc3c(cc1S2)Sc1cccc2c1B3c1cccc3c4cc6sc7ccccc7c6cc4n-2c13)sc1ccccc15. The highest BCUT2D eigenvalue weighted by Gasteiger charge is 2.44. The number of hydrogen-bond acceptors (Lipinski definition) is 4. The fraction of sp³-hybridized carbons (Fsp3) is 0. The van der Waals surface area contributed by atoms with E-state index >= 15 is 0 Å². The molecule has 8 heteroatoms. The lowest BCUT2D eigenvalue weighted by Gasteiger charge is -2.36. The average molecular weight is 853 g/mol. The molecule has 0 spiro atoms. The maximum Gasteiger partial charge on any atom is 0.249 e. The molecule has 13 aromatic rings.